The highest BCUT2D eigenvalue weighted by Gasteiger charge is 2.20. The summed E-state index contributed by atoms with van der Waals surface area (Å²) >= 11 is 0. The van der Waals surface area contributed by atoms with E-state index in [0.29, 0.717) is 31.9 Å². The summed E-state index contributed by atoms with van der Waals surface area (Å²) in [5.41, 5.74) is 5.02. The summed E-state index contributed by atoms with van der Waals surface area (Å²) in [4.78, 5) is 16.5. The first-order chi connectivity index (χ1) is 19.5. The maximum absolute atomic E-state index is 11.7. The van der Waals surface area contributed by atoms with Gasteiger partial charge in [-0.2, -0.15) is 0 Å². The SMILES string of the molecule is CCCO[C@@H](Cc1ccc(OCCc2nc(-c3ccc(-c4ccccc4)cc3)oc2C)c2ccccc12)C(=O)O. The van der Waals surface area contributed by atoms with Crippen molar-refractivity contribution in [2.75, 3.05) is 13.2 Å². The Kier molecular flexibility index (Phi) is 8.57. The van der Waals surface area contributed by atoms with Crippen LogP contribution >= 0.6 is 0 Å². The average molecular weight is 536 g/mol. The van der Waals surface area contributed by atoms with E-state index >= 15 is 0 Å². The Labute approximate surface area is 234 Å². The van der Waals surface area contributed by atoms with Crippen molar-refractivity contribution in [3.63, 3.8) is 0 Å². The summed E-state index contributed by atoms with van der Waals surface area (Å²) in [5.74, 6) is 1.17. The first kappa shape index (κ1) is 27.2. The molecule has 204 valence electrons. The highest BCUT2D eigenvalue weighted by molar-refractivity contribution is 5.91. The third kappa shape index (κ3) is 6.24. The lowest BCUT2D eigenvalue weighted by atomic mass is 9.99. The number of nitrogens with zero attached hydrogens (tertiary/aromatic N) is 1. The van der Waals surface area contributed by atoms with E-state index in [2.05, 4.69) is 24.3 Å². The Hall–Kier alpha value is -4.42. The van der Waals surface area contributed by atoms with Gasteiger partial charge in [0.25, 0.3) is 0 Å². The largest absolute Gasteiger partial charge is 0.493 e. The molecule has 1 heterocycles. The summed E-state index contributed by atoms with van der Waals surface area (Å²) in [6, 6.07) is 30.2. The van der Waals surface area contributed by atoms with E-state index in [1.54, 1.807) is 0 Å². The molecule has 0 saturated carbocycles. The van der Waals surface area contributed by atoms with Gasteiger partial charge in [0.2, 0.25) is 5.89 Å². The Morgan fingerprint density at radius 2 is 1.52 bits per heavy atom. The van der Waals surface area contributed by atoms with Gasteiger partial charge in [-0.1, -0.05) is 79.7 Å². The summed E-state index contributed by atoms with van der Waals surface area (Å²) in [5, 5.41) is 11.5. The van der Waals surface area contributed by atoms with Crippen molar-refractivity contribution in [1.29, 1.82) is 0 Å². The fourth-order valence-corrected chi connectivity index (χ4v) is 4.79. The molecule has 4 aromatic carbocycles. The molecule has 5 rings (SSSR count). The number of carboxylic acid groups (broad SMARTS) is 1. The van der Waals surface area contributed by atoms with Crippen LogP contribution in [0.25, 0.3) is 33.4 Å². The van der Waals surface area contributed by atoms with Gasteiger partial charge in [-0.15, -0.1) is 0 Å². The number of carbonyl (C=O) groups is 1. The molecule has 0 amide bonds. The van der Waals surface area contributed by atoms with Crippen molar-refractivity contribution in [1.82, 2.24) is 4.98 Å². The second-order valence-electron chi connectivity index (χ2n) is 9.73. The third-order valence-corrected chi connectivity index (χ3v) is 6.91. The molecule has 0 aliphatic rings. The van der Waals surface area contributed by atoms with Crippen molar-refractivity contribution in [2.24, 2.45) is 0 Å². The van der Waals surface area contributed by atoms with Crippen molar-refractivity contribution >= 4 is 16.7 Å². The number of aliphatic carboxylic acids is 1. The first-order valence-corrected chi connectivity index (χ1v) is 13.6. The number of benzene rings is 4. The predicted molar refractivity (Wildman–Crippen MR) is 157 cm³/mol. The molecule has 5 aromatic rings. The molecule has 6 nitrogen and oxygen atoms in total. The average Bonchev–Trinajstić information content (AvgIpc) is 3.36. The Morgan fingerprint density at radius 3 is 2.25 bits per heavy atom. The van der Waals surface area contributed by atoms with Crippen LogP contribution in [0.5, 0.6) is 5.75 Å². The Morgan fingerprint density at radius 1 is 0.850 bits per heavy atom. The maximum atomic E-state index is 11.7. The number of oxazole rings is 1. The first-order valence-electron chi connectivity index (χ1n) is 13.6. The molecule has 1 N–H and O–H groups in total. The van der Waals surface area contributed by atoms with Gasteiger partial charge in [-0.25, -0.2) is 9.78 Å². The van der Waals surface area contributed by atoms with Gasteiger partial charge >= 0.3 is 5.97 Å². The number of aromatic nitrogens is 1. The zero-order chi connectivity index (χ0) is 27.9. The molecule has 0 radical (unpaired) electrons. The van der Waals surface area contributed by atoms with Crippen LogP contribution in [0.15, 0.2) is 95.4 Å². The summed E-state index contributed by atoms with van der Waals surface area (Å²) in [6.07, 6.45) is 0.779. The van der Waals surface area contributed by atoms with Gasteiger partial charge in [0, 0.05) is 30.4 Å². The highest BCUT2D eigenvalue weighted by atomic mass is 16.5. The summed E-state index contributed by atoms with van der Waals surface area (Å²) < 4.78 is 17.8. The van der Waals surface area contributed by atoms with Crippen molar-refractivity contribution in [3.05, 3.63) is 108 Å². The number of aryl methyl sites for hydroxylation is 1. The van der Waals surface area contributed by atoms with Gasteiger partial charge in [-0.05, 0) is 53.6 Å². The van der Waals surface area contributed by atoms with E-state index in [4.69, 9.17) is 18.9 Å². The van der Waals surface area contributed by atoms with Crippen molar-refractivity contribution in [2.45, 2.75) is 39.2 Å². The lowest BCUT2D eigenvalue weighted by Crippen LogP contribution is -2.26. The van der Waals surface area contributed by atoms with Crippen LogP contribution in [0.1, 0.15) is 30.4 Å². The van der Waals surface area contributed by atoms with Crippen LogP contribution in [0.4, 0.5) is 0 Å². The van der Waals surface area contributed by atoms with Crippen LogP contribution in [-0.2, 0) is 22.4 Å². The molecule has 0 aliphatic heterocycles. The van der Waals surface area contributed by atoms with Crippen LogP contribution < -0.4 is 4.74 Å². The van der Waals surface area contributed by atoms with Crippen LogP contribution in [-0.4, -0.2) is 35.4 Å². The zero-order valence-corrected chi connectivity index (χ0v) is 22.8. The highest BCUT2D eigenvalue weighted by Crippen LogP contribution is 2.30. The minimum Gasteiger partial charge on any atom is -0.493 e. The van der Waals surface area contributed by atoms with Crippen molar-refractivity contribution < 1.29 is 23.8 Å². The summed E-state index contributed by atoms with van der Waals surface area (Å²) in [6.45, 7) is 4.73. The fraction of sp³-hybridized carbons (Fsp3) is 0.235. The Bertz CT molecular complexity index is 1570. The molecule has 0 spiro atoms. The monoisotopic (exact) mass is 535 g/mol. The lowest BCUT2D eigenvalue weighted by molar-refractivity contribution is -0.150. The minimum absolute atomic E-state index is 0.295. The quantitative estimate of drug-likeness (QED) is 0.178. The second-order valence-corrected chi connectivity index (χ2v) is 9.73. The minimum atomic E-state index is -0.952. The predicted octanol–water partition coefficient (Wildman–Crippen LogP) is 7.51. The normalized spacial score (nSPS) is 11.9. The molecule has 1 atom stereocenters. The third-order valence-electron chi connectivity index (χ3n) is 6.91. The molecular formula is C34H33NO5. The van der Waals surface area contributed by atoms with Gasteiger partial charge in [0.15, 0.2) is 6.10 Å². The Balaban J connectivity index is 1.26. The van der Waals surface area contributed by atoms with Crippen LogP contribution in [0.2, 0.25) is 0 Å². The molecular weight excluding hydrogens is 502 g/mol. The van der Waals surface area contributed by atoms with E-state index in [1.165, 1.54) is 5.56 Å². The smallest absolute Gasteiger partial charge is 0.333 e. The molecule has 0 saturated heterocycles. The van der Waals surface area contributed by atoms with Crippen molar-refractivity contribution in [3.8, 4) is 28.3 Å². The van der Waals surface area contributed by atoms with Gasteiger partial charge < -0.3 is 19.0 Å². The van der Waals surface area contributed by atoms with Crippen LogP contribution in [0, 0.1) is 6.92 Å². The van der Waals surface area contributed by atoms with Gasteiger partial charge in [0.1, 0.15) is 11.5 Å². The second kappa shape index (κ2) is 12.6. The lowest BCUT2D eigenvalue weighted by Gasteiger charge is -2.16. The number of rotatable bonds is 12. The molecule has 0 unspecified atom stereocenters. The number of hydrogen-bond acceptors (Lipinski definition) is 5. The topological polar surface area (TPSA) is 81.8 Å². The number of fused-ring (bicyclic) bond motifs is 1. The molecule has 0 fully saturated rings. The number of hydrogen-bond donors (Lipinski definition) is 1. The number of carboxylic acids is 1. The maximum Gasteiger partial charge on any atom is 0.333 e. The van der Waals surface area contributed by atoms with Gasteiger partial charge in [-0.3, -0.25) is 0 Å². The van der Waals surface area contributed by atoms with E-state index in [-0.39, 0.29) is 0 Å². The van der Waals surface area contributed by atoms with E-state index in [0.717, 1.165) is 51.1 Å². The molecule has 6 heteroatoms. The molecule has 0 bridgehead atoms. The van der Waals surface area contributed by atoms with Gasteiger partial charge in [0.05, 0.1) is 12.3 Å². The fourth-order valence-electron chi connectivity index (χ4n) is 4.79. The van der Waals surface area contributed by atoms with E-state index in [9.17, 15) is 9.90 Å². The molecule has 0 aliphatic carbocycles. The molecule has 1 aromatic heterocycles. The number of ether oxygens (including phenoxy) is 2. The summed E-state index contributed by atoms with van der Waals surface area (Å²) in [7, 11) is 0. The van der Waals surface area contributed by atoms with E-state index in [1.807, 2.05) is 80.6 Å². The van der Waals surface area contributed by atoms with Crippen LogP contribution in [0.3, 0.4) is 0 Å². The molecule has 40 heavy (non-hydrogen) atoms. The van der Waals surface area contributed by atoms with E-state index < -0.39 is 12.1 Å². The zero-order valence-electron chi connectivity index (χ0n) is 22.8. The standard InChI is InChI=1S/C34H33NO5/c1-3-20-38-32(34(36)37)22-27-17-18-31(29-12-8-7-11-28(27)29)39-21-19-30-23(2)40-33(35-30)26-15-13-25(14-16-26)24-9-5-4-6-10-24/h4-18,32H,3,19-22H2,1-2H3,(H,36,37)/t32-/m0/s1.